The zero-order chi connectivity index (χ0) is 10.1. The van der Waals surface area contributed by atoms with Crippen molar-refractivity contribution in [3.8, 4) is 0 Å². The third-order valence-electron chi connectivity index (χ3n) is 1.92. The minimum absolute atomic E-state index is 0.0794. The molecule has 1 atom stereocenters. The number of nitrogens with two attached hydrogens (primary N) is 1. The molecule has 0 bridgehead atoms. The summed E-state index contributed by atoms with van der Waals surface area (Å²) >= 11 is 5.81. The summed E-state index contributed by atoms with van der Waals surface area (Å²) in [6.07, 6.45) is 1.57. The summed E-state index contributed by atoms with van der Waals surface area (Å²) in [5, 5.41) is 13.6. The molecule has 1 aromatic rings. The Morgan fingerprint density at radius 3 is 2.77 bits per heavy atom. The number of hydrogen-bond acceptors (Lipinski definition) is 3. The number of rotatable bonds is 3. The predicted octanol–water partition coefficient (Wildman–Crippen LogP) is 0.555. The second-order valence-electron chi connectivity index (χ2n) is 3.55. The van der Waals surface area contributed by atoms with Gasteiger partial charge in [0.05, 0.1) is 35.6 Å². The summed E-state index contributed by atoms with van der Waals surface area (Å²) in [5.74, 6) is 0. The van der Waals surface area contributed by atoms with Crippen molar-refractivity contribution in [1.82, 2.24) is 9.78 Å². The van der Waals surface area contributed by atoms with Gasteiger partial charge in [0.1, 0.15) is 0 Å². The van der Waals surface area contributed by atoms with E-state index in [2.05, 4.69) is 5.10 Å². The predicted molar refractivity (Wildman–Crippen MR) is 51.7 cm³/mol. The van der Waals surface area contributed by atoms with Crippen LogP contribution in [0, 0.1) is 6.92 Å². The van der Waals surface area contributed by atoms with Crippen LogP contribution in [0.5, 0.6) is 0 Å². The van der Waals surface area contributed by atoms with E-state index < -0.39 is 5.54 Å². The van der Waals surface area contributed by atoms with Gasteiger partial charge in [-0.3, -0.25) is 4.68 Å². The topological polar surface area (TPSA) is 64.1 Å². The quantitative estimate of drug-likeness (QED) is 0.755. The molecular formula is C8H14ClN3O. The maximum atomic E-state index is 8.95. The zero-order valence-corrected chi connectivity index (χ0v) is 8.54. The lowest BCUT2D eigenvalue weighted by Crippen LogP contribution is -2.44. The summed E-state index contributed by atoms with van der Waals surface area (Å²) < 4.78 is 1.69. The van der Waals surface area contributed by atoms with Crippen molar-refractivity contribution in [2.24, 2.45) is 5.73 Å². The van der Waals surface area contributed by atoms with Gasteiger partial charge in [-0.2, -0.15) is 5.10 Å². The molecule has 0 amide bonds. The summed E-state index contributed by atoms with van der Waals surface area (Å²) in [5.41, 5.74) is 5.99. The van der Waals surface area contributed by atoms with E-state index in [9.17, 15) is 0 Å². The average molecular weight is 204 g/mol. The highest BCUT2D eigenvalue weighted by Crippen LogP contribution is 2.14. The van der Waals surface area contributed by atoms with Gasteiger partial charge in [-0.25, -0.2) is 0 Å². The third kappa shape index (κ3) is 2.43. The average Bonchev–Trinajstić information content (AvgIpc) is 2.36. The number of aliphatic hydroxyl groups is 1. The summed E-state index contributed by atoms with van der Waals surface area (Å²) in [4.78, 5) is 0. The van der Waals surface area contributed by atoms with E-state index in [0.717, 1.165) is 5.69 Å². The molecular weight excluding hydrogens is 190 g/mol. The second kappa shape index (κ2) is 3.65. The van der Waals surface area contributed by atoms with Crippen molar-refractivity contribution >= 4 is 11.6 Å². The standard InChI is InChI=1S/C8H14ClN3O/c1-6-7(9)3-11-12(6)4-8(2,10)5-13/h3,13H,4-5,10H2,1-2H3. The van der Waals surface area contributed by atoms with Crippen LogP contribution in [0.15, 0.2) is 6.20 Å². The molecule has 0 aliphatic heterocycles. The lowest BCUT2D eigenvalue weighted by molar-refractivity contribution is 0.187. The molecule has 4 nitrogen and oxygen atoms in total. The fourth-order valence-electron chi connectivity index (χ4n) is 0.975. The SMILES string of the molecule is Cc1c(Cl)cnn1CC(C)(N)CO. The highest BCUT2D eigenvalue weighted by molar-refractivity contribution is 6.31. The van der Waals surface area contributed by atoms with E-state index in [0.29, 0.717) is 11.6 Å². The van der Waals surface area contributed by atoms with Crippen LogP contribution in [0.3, 0.4) is 0 Å². The van der Waals surface area contributed by atoms with Crippen molar-refractivity contribution < 1.29 is 5.11 Å². The molecule has 1 unspecified atom stereocenters. The van der Waals surface area contributed by atoms with Crippen molar-refractivity contribution in [3.63, 3.8) is 0 Å². The van der Waals surface area contributed by atoms with Gasteiger partial charge in [0.15, 0.2) is 0 Å². The van der Waals surface area contributed by atoms with Gasteiger partial charge in [0, 0.05) is 0 Å². The van der Waals surface area contributed by atoms with Gasteiger partial charge in [-0.1, -0.05) is 11.6 Å². The Morgan fingerprint density at radius 2 is 2.38 bits per heavy atom. The molecule has 0 saturated heterocycles. The van der Waals surface area contributed by atoms with Gasteiger partial charge >= 0.3 is 0 Å². The van der Waals surface area contributed by atoms with Crippen molar-refractivity contribution in [2.45, 2.75) is 25.9 Å². The molecule has 0 aliphatic rings. The van der Waals surface area contributed by atoms with Crippen molar-refractivity contribution in [1.29, 1.82) is 0 Å². The summed E-state index contributed by atoms with van der Waals surface area (Å²) in [7, 11) is 0. The maximum Gasteiger partial charge on any atom is 0.0814 e. The van der Waals surface area contributed by atoms with Gasteiger partial charge in [-0.05, 0) is 13.8 Å². The van der Waals surface area contributed by atoms with E-state index >= 15 is 0 Å². The molecule has 0 aromatic carbocycles. The number of nitrogens with zero attached hydrogens (tertiary/aromatic N) is 2. The Bertz CT molecular complexity index is 296. The smallest absolute Gasteiger partial charge is 0.0814 e. The fraction of sp³-hybridized carbons (Fsp3) is 0.625. The normalized spacial score (nSPS) is 15.8. The van der Waals surface area contributed by atoms with E-state index in [1.807, 2.05) is 6.92 Å². The zero-order valence-electron chi connectivity index (χ0n) is 7.79. The molecule has 13 heavy (non-hydrogen) atoms. The minimum Gasteiger partial charge on any atom is -0.394 e. The Kier molecular flexibility index (Phi) is 2.95. The van der Waals surface area contributed by atoms with Crippen molar-refractivity contribution in [2.75, 3.05) is 6.61 Å². The number of hydrogen-bond donors (Lipinski definition) is 2. The van der Waals surface area contributed by atoms with Crippen LogP contribution in [0.25, 0.3) is 0 Å². The molecule has 0 spiro atoms. The molecule has 0 aliphatic carbocycles. The fourth-order valence-corrected chi connectivity index (χ4v) is 1.12. The third-order valence-corrected chi connectivity index (χ3v) is 2.29. The van der Waals surface area contributed by atoms with Gasteiger partial charge in [0.25, 0.3) is 0 Å². The molecule has 0 saturated carbocycles. The van der Waals surface area contributed by atoms with Crippen molar-refractivity contribution in [3.05, 3.63) is 16.9 Å². The molecule has 3 N–H and O–H groups in total. The molecule has 5 heteroatoms. The lowest BCUT2D eigenvalue weighted by Gasteiger charge is -2.22. The highest BCUT2D eigenvalue weighted by Gasteiger charge is 2.19. The molecule has 1 aromatic heterocycles. The first kappa shape index (κ1) is 10.5. The first-order chi connectivity index (χ1) is 5.96. The van der Waals surface area contributed by atoms with E-state index in [1.165, 1.54) is 0 Å². The van der Waals surface area contributed by atoms with Crippen LogP contribution in [0.2, 0.25) is 5.02 Å². The van der Waals surface area contributed by atoms with E-state index in [1.54, 1.807) is 17.8 Å². The molecule has 74 valence electrons. The van der Waals surface area contributed by atoms with Gasteiger partial charge in [0.2, 0.25) is 0 Å². The molecule has 0 fully saturated rings. The van der Waals surface area contributed by atoms with Crippen LogP contribution >= 0.6 is 11.6 Å². The summed E-state index contributed by atoms with van der Waals surface area (Å²) in [6.45, 7) is 4.01. The summed E-state index contributed by atoms with van der Waals surface area (Å²) in [6, 6.07) is 0. The van der Waals surface area contributed by atoms with Crippen LogP contribution in [-0.4, -0.2) is 27.0 Å². The molecule has 0 radical (unpaired) electrons. The largest absolute Gasteiger partial charge is 0.394 e. The van der Waals surface area contributed by atoms with E-state index in [4.69, 9.17) is 22.4 Å². The highest BCUT2D eigenvalue weighted by atomic mass is 35.5. The first-order valence-corrected chi connectivity index (χ1v) is 4.42. The van der Waals surface area contributed by atoms with Crippen LogP contribution in [-0.2, 0) is 6.54 Å². The molecule has 1 heterocycles. The maximum absolute atomic E-state index is 8.95. The van der Waals surface area contributed by atoms with Crippen LogP contribution in [0.1, 0.15) is 12.6 Å². The van der Waals surface area contributed by atoms with E-state index in [-0.39, 0.29) is 6.61 Å². The van der Waals surface area contributed by atoms with Crippen LogP contribution in [0.4, 0.5) is 0 Å². The first-order valence-electron chi connectivity index (χ1n) is 4.04. The Balaban J connectivity index is 2.80. The van der Waals surface area contributed by atoms with Crippen LogP contribution < -0.4 is 5.73 Å². The van der Waals surface area contributed by atoms with Gasteiger partial charge in [-0.15, -0.1) is 0 Å². The lowest BCUT2D eigenvalue weighted by atomic mass is 10.1. The minimum atomic E-state index is -0.653. The number of halogens is 1. The molecule has 1 rings (SSSR count). The second-order valence-corrected chi connectivity index (χ2v) is 3.95. The Labute approximate surface area is 82.3 Å². The monoisotopic (exact) mass is 203 g/mol. The van der Waals surface area contributed by atoms with Gasteiger partial charge < -0.3 is 10.8 Å². The number of aromatic nitrogens is 2. The Morgan fingerprint density at radius 1 is 1.77 bits per heavy atom. The Hall–Kier alpha value is -0.580. The number of aliphatic hydroxyl groups excluding tert-OH is 1.